The molecule has 0 aliphatic rings. The maximum atomic E-state index is 10.9. The standard InChI is InChI=1S/C7H14N2O3/c1-3-5(7(11)12-2)9-6(10)4-8/h5H,3-4,8H2,1-2H3,(H,9,10). The molecule has 5 nitrogen and oxygen atoms in total. The monoisotopic (exact) mass is 174 g/mol. The zero-order chi connectivity index (χ0) is 9.56. The predicted octanol–water partition coefficient (Wildman–Crippen LogP) is -0.987. The molecule has 1 unspecified atom stereocenters. The highest BCUT2D eigenvalue weighted by atomic mass is 16.5. The average Bonchev–Trinajstić information content (AvgIpc) is 2.12. The van der Waals surface area contributed by atoms with E-state index in [0.717, 1.165) is 0 Å². The number of nitrogens with one attached hydrogen (secondary N) is 1. The molecular formula is C7H14N2O3. The van der Waals surface area contributed by atoms with Crippen molar-refractivity contribution in [3.8, 4) is 0 Å². The third kappa shape index (κ3) is 3.34. The van der Waals surface area contributed by atoms with Gasteiger partial charge in [-0.25, -0.2) is 4.79 Å². The Morgan fingerprint density at radius 3 is 2.50 bits per heavy atom. The first kappa shape index (κ1) is 10.9. The van der Waals surface area contributed by atoms with Crippen molar-refractivity contribution in [2.45, 2.75) is 19.4 Å². The zero-order valence-corrected chi connectivity index (χ0v) is 7.29. The van der Waals surface area contributed by atoms with Gasteiger partial charge < -0.3 is 15.8 Å². The van der Waals surface area contributed by atoms with Crippen molar-refractivity contribution in [1.29, 1.82) is 0 Å². The number of methoxy groups -OCH3 is 1. The van der Waals surface area contributed by atoms with Crippen molar-refractivity contribution in [3.63, 3.8) is 0 Å². The Bertz CT molecular complexity index is 170. The van der Waals surface area contributed by atoms with Crippen LogP contribution in [-0.4, -0.2) is 31.6 Å². The quantitative estimate of drug-likeness (QED) is 0.536. The van der Waals surface area contributed by atoms with Crippen LogP contribution in [-0.2, 0) is 14.3 Å². The first-order chi connectivity index (χ1) is 5.65. The highest BCUT2D eigenvalue weighted by Gasteiger charge is 2.17. The van der Waals surface area contributed by atoms with Crippen molar-refractivity contribution in [1.82, 2.24) is 5.32 Å². The van der Waals surface area contributed by atoms with E-state index in [0.29, 0.717) is 6.42 Å². The summed E-state index contributed by atoms with van der Waals surface area (Å²) in [5.74, 6) is -0.799. The van der Waals surface area contributed by atoms with Crippen LogP contribution in [0.15, 0.2) is 0 Å². The van der Waals surface area contributed by atoms with Crippen molar-refractivity contribution < 1.29 is 14.3 Å². The van der Waals surface area contributed by atoms with E-state index in [1.807, 2.05) is 0 Å². The van der Waals surface area contributed by atoms with Crippen LogP contribution in [0.4, 0.5) is 0 Å². The molecule has 0 radical (unpaired) electrons. The van der Waals surface area contributed by atoms with Gasteiger partial charge >= 0.3 is 5.97 Å². The first-order valence-electron chi connectivity index (χ1n) is 3.73. The van der Waals surface area contributed by atoms with E-state index in [2.05, 4.69) is 10.1 Å². The predicted molar refractivity (Wildman–Crippen MR) is 43.3 cm³/mol. The number of hydrogen-bond donors (Lipinski definition) is 2. The van der Waals surface area contributed by atoms with Gasteiger partial charge in [-0.2, -0.15) is 0 Å². The zero-order valence-electron chi connectivity index (χ0n) is 7.29. The smallest absolute Gasteiger partial charge is 0.328 e. The molecule has 0 aliphatic carbocycles. The van der Waals surface area contributed by atoms with Gasteiger partial charge in [0.2, 0.25) is 5.91 Å². The average molecular weight is 174 g/mol. The molecular weight excluding hydrogens is 160 g/mol. The van der Waals surface area contributed by atoms with E-state index < -0.39 is 12.0 Å². The summed E-state index contributed by atoms with van der Waals surface area (Å²) >= 11 is 0. The molecule has 5 heteroatoms. The largest absolute Gasteiger partial charge is 0.467 e. The Morgan fingerprint density at radius 1 is 1.58 bits per heavy atom. The molecule has 0 aromatic heterocycles. The van der Waals surface area contributed by atoms with Gasteiger partial charge in [0.1, 0.15) is 6.04 Å². The first-order valence-corrected chi connectivity index (χ1v) is 3.73. The van der Waals surface area contributed by atoms with Crippen molar-refractivity contribution in [2.24, 2.45) is 5.73 Å². The van der Waals surface area contributed by atoms with Gasteiger partial charge in [0, 0.05) is 0 Å². The maximum absolute atomic E-state index is 10.9. The van der Waals surface area contributed by atoms with Crippen molar-refractivity contribution >= 4 is 11.9 Å². The highest BCUT2D eigenvalue weighted by molar-refractivity contribution is 5.85. The summed E-state index contributed by atoms with van der Waals surface area (Å²) in [6, 6.07) is -0.578. The summed E-state index contributed by atoms with van der Waals surface area (Å²) in [6.07, 6.45) is 0.498. The Balaban J connectivity index is 3.99. The molecule has 0 spiro atoms. The Labute approximate surface area is 71.3 Å². The number of esters is 1. The number of rotatable bonds is 4. The van der Waals surface area contributed by atoms with E-state index in [4.69, 9.17) is 5.73 Å². The number of nitrogens with two attached hydrogens (primary N) is 1. The second-order valence-electron chi connectivity index (χ2n) is 2.26. The lowest BCUT2D eigenvalue weighted by Crippen LogP contribution is -2.43. The number of ether oxygens (including phenoxy) is 1. The molecule has 12 heavy (non-hydrogen) atoms. The van der Waals surface area contributed by atoms with Crippen LogP contribution in [0, 0.1) is 0 Å². The van der Waals surface area contributed by atoms with Crippen LogP contribution in [0.1, 0.15) is 13.3 Å². The number of carbonyl (C=O) groups excluding carboxylic acids is 2. The summed E-state index contributed by atoms with van der Waals surface area (Å²) in [5.41, 5.74) is 5.05. The number of carbonyl (C=O) groups is 2. The van der Waals surface area contributed by atoms with Gasteiger partial charge in [0.05, 0.1) is 13.7 Å². The highest BCUT2D eigenvalue weighted by Crippen LogP contribution is 1.92. The number of amides is 1. The van der Waals surface area contributed by atoms with Gasteiger partial charge in [-0.05, 0) is 6.42 Å². The summed E-state index contributed by atoms with van der Waals surface area (Å²) in [7, 11) is 1.28. The number of hydrogen-bond acceptors (Lipinski definition) is 4. The van der Waals surface area contributed by atoms with E-state index in [9.17, 15) is 9.59 Å². The molecule has 1 amide bonds. The molecule has 1 atom stereocenters. The lowest BCUT2D eigenvalue weighted by atomic mass is 10.2. The van der Waals surface area contributed by atoms with Gasteiger partial charge in [-0.1, -0.05) is 6.92 Å². The fraction of sp³-hybridized carbons (Fsp3) is 0.714. The lowest BCUT2D eigenvalue weighted by Gasteiger charge is -2.13. The third-order valence-electron chi connectivity index (χ3n) is 1.41. The van der Waals surface area contributed by atoms with Crippen LogP contribution < -0.4 is 11.1 Å². The maximum Gasteiger partial charge on any atom is 0.328 e. The van der Waals surface area contributed by atoms with Crippen LogP contribution in [0.25, 0.3) is 0 Å². The van der Waals surface area contributed by atoms with E-state index >= 15 is 0 Å². The molecule has 0 bridgehead atoms. The Hall–Kier alpha value is -1.10. The van der Waals surface area contributed by atoms with Gasteiger partial charge in [0.15, 0.2) is 0 Å². The molecule has 0 aromatic carbocycles. The second kappa shape index (κ2) is 5.54. The minimum atomic E-state index is -0.578. The summed E-state index contributed by atoms with van der Waals surface area (Å²) in [6.45, 7) is 1.66. The molecule has 0 fully saturated rings. The Morgan fingerprint density at radius 2 is 2.17 bits per heavy atom. The van der Waals surface area contributed by atoms with Gasteiger partial charge in [0.25, 0.3) is 0 Å². The molecule has 0 saturated heterocycles. The van der Waals surface area contributed by atoms with Crippen LogP contribution >= 0.6 is 0 Å². The van der Waals surface area contributed by atoms with Crippen molar-refractivity contribution in [2.75, 3.05) is 13.7 Å². The molecule has 0 aromatic rings. The summed E-state index contributed by atoms with van der Waals surface area (Å²) in [5, 5.41) is 2.43. The second-order valence-corrected chi connectivity index (χ2v) is 2.26. The fourth-order valence-corrected chi connectivity index (χ4v) is 0.723. The molecule has 0 saturated carbocycles. The van der Waals surface area contributed by atoms with E-state index in [1.165, 1.54) is 7.11 Å². The minimum Gasteiger partial charge on any atom is -0.467 e. The van der Waals surface area contributed by atoms with Crippen molar-refractivity contribution in [3.05, 3.63) is 0 Å². The molecule has 0 rings (SSSR count). The molecule has 3 N–H and O–H groups in total. The lowest BCUT2D eigenvalue weighted by molar-refractivity contribution is -0.145. The van der Waals surface area contributed by atoms with Gasteiger partial charge in [-0.15, -0.1) is 0 Å². The minimum absolute atomic E-state index is 0.118. The van der Waals surface area contributed by atoms with Gasteiger partial charge in [-0.3, -0.25) is 4.79 Å². The van der Waals surface area contributed by atoms with E-state index in [1.54, 1.807) is 6.92 Å². The SMILES string of the molecule is CCC(NC(=O)CN)C(=O)OC. The van der Waals surface area contributed by atoms with Crippen LogP contribution in [0.5, 0.6) is 0 Å². The van der Waals surface area contributed by atoms with Crippen LogP contribution in [0.2, 0.25) is 0 Å². The van der Waals surface area contributed by atoms with Crippen LogP contribution in [0.3, 0.4) is 0 Å². The summed E-state index contributed by atoms with van der Waals surface area (Å²) in [4.78, 5) is 21.7. The molecule has 0 aliphatic heterocycles. The Kier molecular flexibility index (Phi) is 5.03. The topological polar surface area (TPSA) is 81.4 Å². The summed E-state index contributed by atoms with van der Waals surface area (Å²) < 4.78 is 4.45. The molecule has 70 valence electrons. The third-order valence-corrected chi connectivity index (χ3v) is 1.41. The fourth-order valence-electron chi connectivity index (χ4n) is 0.723. The normalized spacial score (nSPS) is 11.9. The molecule has 0 heterocycles. The van der Waals surface area contributed by atoms with E-state index in [-0.39, 0.29) is 12.5 Å².